The standard InChI is InChI=1S/C22H23Cl2N3O5S/c1-14-21(28)27(12-15-2-5-19-20(10-15)32-13-31-19)22(25-14)6-8-26(9-7-22)33(29,30)16-3-4-17(23)18(24)11-16/h2-5,10-11,14,25H,6-9,12-13H2,1H3/t14-/m0/s1. The first kappa shape index (κ1) is 22.7. The molecule has 3 aliphatic rings. The number of fused-ring (bicyclic) bond motifs is 1. The fourth-order valence-corrected chi connectivity index (χ4v) is 6.57. The Labute approximate surface area is 202 Å². The van der Waals surface area contributed by atoms with Crippen LogP contribution >= 0.6 is 23.2 Å². The Hall–Kier alpha value is -2.04. The third-order valence-corrected chi connectivity index (χ3v) is 9.13. The number of rotatable bonds is 4. The molecule has 0 saturated carbocycles. The van der Waals surface area contributed by atoms with Gasteiger partial charge in [0.05, 0.1) is 26.6 Å². The smallest absolute Gasteiger partial charge is 0.243 e. The molecule has 33 heavy (non-hydrogen) atoms. The topological polar surface area (TPSA) is 88.2 Å². The van der Waals surface area contributed by atoms with Crippen molar-refractivity contribution in [2.24, 2.45) is 0 Å². The lowest BCUT2D eigenvalue weighted by molar-refractivity contribution is -0.133. The number of piperidine rings is 1. The van der Waals surface area contributed by atoms with Crippen LogP contribution < -0.4 is 14.8 Å². The van der Waals surface area contributed by atoms with Gasteiger partial charge < -0.3 is 14.4 Å². The number of sulfonamides is 1. The zero-order valence-corrected chi connectivity index (χ0v) is 20.2. The van der Waals surface area contributed by atoms with Crippen molar-refractivity contribution in [3.05, 3.63) is 52.0 Å². The van der Waals surface area contributed by atoms with Crippen LogP contribution in [0.2, 0.25) is 10.0 Å². The number of nitrogens with zero attached hydrogens (tertiary/aromatic N) is 2. The minimum Gasteiger partial charge on any atom is -0.454 e. The van der Waals surface area contributed by atoms with Gasteiger partial charge in [-0.25, -0.2) is 8.42 Å². The van der Waals surface area contributed by atoms with Gasteiger partial charge in [0.15, 0.2) is 11.5 Å². The number of amides is 1. The van der Waals surface area contributed by atoms with Crippen LogP contribution in [0.5, 0.6) is 11.5 Å². The third-order valence-electron chi connectivity index (χ3n) is 6.49. The number of nitrogens with one attached hydrogen (secondary N) is 1. The van der Waals surface area contributed by atoms with E-state index in [0.29, 0.717) is 35.9 Å². The molecule has 2 fully saturated rings. The molecular weight excluding hydrogens is 489 g/mol. The second kappa shape index (κ2) is 8.32. The maximum Gasteiger partial charge on any atom is 0.243 e. The number of hydrogen-bond acceptors (Lipinski definition) is 6. The van der Waals surface area contributed by atoms with Gasteiger partial charge in [-0.1, -0.05) is 29.3 Å². The molecule has 5 rings (SSSR count). The molecule has 0 bridgehead atoms. The summed E-state index contributed by atoms with van der Waals surface area (Å²) in [4.78, 5) is 15.0. The van der Waals surface area contributed by atoms with Gasteiger partial charge in [-0.05, 0) is 55.7 Å². The number of carbonyl (C=O) groups is 1. The summed E-state index contributed by atoms with van der Waals surface area (Å²) < 4.78 is 38.6. The second-order valence-corrected chi connectivity index (χ2v) is 11.2. The Kier molecular flexibility index (Phi) is 5.73. The predicted octanol–water partition coefficient (Wildman–Crippen LogP) is 3.22. The van der Waals surface area contributed by atoms with Gasteiger partial charge in [0.25, 0.3) is 0 Å². The monoisotopic (exact) mass is 511 g/mol. The van der Waals surface area contributed by atoms with Crippen LogP contribution in [-0.2, 0) is 21.4 Å². The van der Waals surface area contributed by atoms with Crippen LogP contribution in [-0.4, -0.2) is 55.1 Å². The van der Waals surface area contributed by atoms with E-state index in [1.54, 1.807) is 0 Å². The van der Waals surface area contributed by atoms with E-state index in [4.69, 9.17) is 32.7 Å². The number of benzene rings is 2. The average Bonchev–Trinajstić information content (AvgIpc) is 3.34. The zero-order chi connectivity index (χ0) is 23.4. The van der Waals surface area contributed by atoms with Crippen molar-refractivity contribution in [1.82, 2.24) is 14.5 Å². The number of ether oxygens (including phenoxy) is 2. The Morgan fingerprint density at radius 3 is 2.52 bits per heavy atom. The van der Waals surface area contributed by atoms with Crippen LogP contribution in [0, 0.1) is 0 Å². The summed E-state index contributed by atoms with van der Waals surface area (Å²) in [6, 6.07) is 9.60. The molecule has 176 valence electrons. The molecular formula is C22H23Cl2N3O5S. The molecule has 2 saturated heterocycles. The van der Waals surface area contributed by atoms with Gasteiger partial charge >= 0.3 is 0 Å². The first-order valence-corrected chi connectivity index (χ1v) is 12.8. The van der Waals surface area contributed by atoms with Crippen molar-refractivity contribution < 1.29 is 22.7 Å². The molecule has 1 spiro atoms. The molecule has 0 unspecified atom stereocenters. The quantitative estimate of drug-likeness (QED) is 0.677. The molecule has 3 aliphatic heterocycles. The van der Waals surface area contributed by atoms with Crippen LogP contribution in [0.3, 0.4) is 0 Å². The fourth-order valence-electron chi connectivity index (χ4n) is 4.74. The summed E-state index contributed by atoms with van der Waals surface area (Å²) in [5.74, 6) is 1.35. The van der Waals surface area contributed by atoms with E-state index < -0.39 is 15.7 Å². The highest BCUT2D eigenvalue weighted by molar-refractivity contribution is 7.89. The lowest BCUT2D eigenvalue weighted by Crippen LogP contribution is -2.59. The molecule has 3 heterocycles. The highest BCUT2D eigenvalue weighted by atomic mass is 35.5. The van der Waals surface area contributed by atoms with Gasteiger partial charge in [0.1, 0.15) is 0 Å². The normalized spacial score (nSPS) is 22.3. The molecule has 1 N–H and O–H groups in total. The SMILES string of the molecule is C[C@@H]1NC2(CCN(S(=O)(=O)c3ccc(Cl)c(Cl)c3)CC2)N(Cc2ccc3c(c2)OCO3)C1=O. The molecule has 0 aliphatic carbocycles. The minimum atomic E-state index is -3.73. The molecule has 11 heteroatoms. The van der Waals surface area contributed by atoms with Gasteiger partial charge in [0, 0.05) is 19.6 Å². The van der Waals surface area contributed by atoms with Gasteiger partial charge in [-0.15, -0.1) is 0 Å². The van der Waals surface area contributed by atoms with Crippen molar-refractivity contribution in [2.75, 3.05) is 19.9 Å². The number of carbonyl (C=O) groups excluding carboxylic acids is 1. The van der Waals surface area contributed by atoms with Gasteiger partial charge in [0.2, 0.25) is 22.7 Å². The first-order chi connectivity index (χ1) is 15.7. The van der Waals surface area contributed by atoms with Crippen LogP contribution in [0.15, 0.2) is 41.3 Å². The van der Waals surface area contributed by atoms with E-state index in [1.165, 1.54) is 22.5 Å². The summed E-state index contributed by atoms with van der Waals surface area (Å²) in [6.07, 6.45) is 0.933. The van der Waals surface area contributed by atoms with Gasteiger partial charge in [-0.2, -0.15) is 4.31 Å². The molecule has 0 radical (unpaired) electrons. The molecule has 1 atom stereocenters. The van der Waals surface area contributed by atoms with Crippen LogP contribution in [0.4, 0.5) is 0 Å². The predicted molar refractivity (Wildman–Crippen MR) is 123 cm³/mol. The van der Waals surface area contributed by atoms with Crippen LogP contribution in [0.1, 0.15) is 25.3 Å². The summed E-state index contributed by atoms with van der Waals surface area (Å²) in [6.45, 7) is 2.96. The second-order valence-electron chi connectivity index (χ2n) is 8.49. The zero-order valence-electron chi connectivity index (χ0n) is 17.9. The average molecular weight is 512 g/mol. The fraction of sp³-hybridized carbons (Fsp3) is 0.409. The maximum atomic E-state index is 13.2. The van der Waals surface area contributed by atoms with Crippen molar-refractivity contribution >= 4 is 39.1 Å². The Morgan fingerprint density at radius 1 is 1.06 bits per heavy atom. The van der Waals surface area contributed by atoms with E-state index in [-0.39, 0.29) is 41.7 Å². The lowest BCUT2D eigenvalue weighted by atomic mass is 9.96. The Balaban J connectivity index is 1.35. The Bertz CT molecular complexity index is 1210. The molecule has 2 aromatic rings. The number of halogens is 2. The van der Waals surface area contributed by atoms with Crippen LogP contribution in [0.25, 0.3) is 0 Å². The molecule has 0 aromatic heterocycles. The molecule has 8 nitrogen and oxygen atoms in total. The summed E-state index contributed by atoms with van der Waals surface area (Å²) in [7, 11) is -3.73. The van der Waals surface area contributed by atoms with Crippen molar-refractivity contribution in [3.8, 4) is 11.5 Å². The molecule has 1 amide bonds. The van der Waals surface area contributed by atoms with Crippen molar-refractivity contribution in [2.45, 2.75) is 42.9 Å². The summed E-state index contributed by atoms with van der Waals surface area (Å²) in [5, 5.41) is 3.92. The van der Waals surface area contributed by atoms with Gasteiger partial charge in [-0.3, -0.25) is 10.1 Å². The highest BCUT2D eigenvalue weighted by Gasteiger charge is 2.51. The van der Waals surface area contributed by atoms with E-state index in [1.807, 2.05) is 30.0 Å². The van der Waals surface area contributed by atoms with E-state index >= 15 is 0 Å². The maximum absolute atomic E-state index is 13.2. The summed E-state index contributed by atoms with van der Waals surface area (Å²) >= 11 is 12.0. The Morgan fingerprint density at radius 2 is 1.79 bits per heavy atom. The number of hydrogen-bond donors (Lipinski definition) is 1. The van der Waals surface area contributed by atoms with E-state index in [2.05, 4.69) is 5.32 Å². The third kappa shape index (κ3) is 3.95. The first-order valence-electron chi connectivity index (χ1n) is 10.6. The largest absolute Gasteiger partial charge is 0.454 e. The highest BCUT2D eigenvalue weighted by Crippen LogP contribution is 2.38. The van der Waals surface area contributed by atoms with E-state index in [0.717, 1.165) is 5.56 Å². The van der Waals surface area contributed by atoms with Crippen molar-refractivity contribution in [1.29, 1.82) is 0 Å². The lowest BCUT2D eigenvalue weighted by Gasteiger charge is -2.44. The molecule has 2 aromatic carbocycles. The summed E-state index contributed by atoms with van der Waals surface area (Å²) in [5.41, 5.74) is 0.310. The minimum absolute atomic E-state index is 0.00606. The van der Waals surface area contributed by atoms with E-state index in [9.17, 15) is 13.2 Å². The van der Waals surface area contributed by atoms with Crippen molar-refractivity contribution in [3.63, 3.8) is 0 Å².